The molecule has 0 unspecified atom stereocenters. The van der Waals surface area contributed by atoms with E-state index in [1.54, 1.807) is 37.3 Å². The van der Waals surface area contributed by atoms with Crippen molar-refractivity contribution in [2.45, 2.75) is 13.5 Å². The monoisotopic (exact) mass is 419 g/mol. The van der Waals surface area contributed by atoms with E-state index in [1.165, 1.54) is 12.1 Å². The van der Waals surface area contributed by atoms with Crippen molar-refractivity contribution >= 4 is 35.1 Å². The van der Waals surface area contributed by atoms with Crippen LogP contribution >= 0.6 is 0 Å². The molecule has 0 aromatic heterocycles. The molecule has 2 aromatic carbocycles. The number of nitrogen functional groups attached to an aromatic ring is 1. The molecule has 6 N–H and O–H groups in total. The van der Waals surface area contributed by atoms with Gasteiger partial charge >= 0.3 is 18.0 Å². The highest BCUT2D eigenvalue weighted by molar-refractivity contribution is 5.90. The molecular weight excluding hydrogens is 397 g/mol. The van der Waals surface area contributed by atoms with Crippen molar-refractivity contribution in [1.82, 2.24) is 0 Å². The van der Waals surface area contributed by atoms with Crippen LogP contribution in [0.3, 0.4) is 0 Å². The minimum Gasteiger partial charge on any atom is -0.478 e. The van der Waals surface area contributed by atoms with Crippen LogP contribution in [-0.4, -0.2) is 34.9 Å². The quantitative estimate of drug-likeness (QED) is 0.339. The third kappa shape index (κ3) is 9.74. The number of rotatable bonds is 7. The minimum absolute atomic E-state index is 0.262. The van der Waals surface area contributed by atoms with Crippen LogP contribution in [0.4, 0.5) is 26.2 Å². The van der Waals surface area contributed by atoms with E-state index < -0.39 is 18.0 Å². The van der Waals surface area contributed by atoms with Crippen LogP contribution in [0.15, 0.2) is 54.6 Å². The van der Waals surface area contributed by atoms with Crippen LogP contribution in [0.5, 0.6) is 0 Å². The lowest BCUT2D eigenvalue weighted by molar-refractivity contribution is -0.134. The maximum atomic E-state index is 12.8. The summed E-state index contributed by atoms with van der Waals surface area (Å²) in [5.41, 5.74) is 8.57. The second-order valence-corrected chi connectivity index (χ2v) is 5.64. The summed E-state index contributed by atoms with van der Waals surface area (Å²) in [5.74, 6) is -2.78. The van der Waals surface area contributed by atoms with Gasteiger partial charge in [0.25, 0.3) is 0 Å². The molecule has 0 saturated carbocycles. The Morgan fingerprint density at radius 3 is 2.17 bits per heavy atom. The van der Waals surface area contributed by atoms with Crippen LogP contribution in [0, 0.1) is 5.82 Å². The van der Waals surface area contributed by atoms with E-state index in [0.29, 0.717) is 36.7 Å². The van der Waals surface area contributed by atoms with E-state index in [-0.39, 0.29) is 5.82 Å². The molecule has 0 fully saturated rings. The van der Waals surface area contributed by atoms with Gasteiger partial charge in [-0.1, -0.05) is 12.1 Å². The molecule has 0 aliphatic carbocycles. The fourth-order valence-electron chi connectivity index (χ4n) is 2.01. The van der Waals surface area contributed by atoms with Gasteiger partial charge in [0.05, 0.1) is 18.0 Å². The number of aliphatic carboxylic acids is 2. The Hall–Kier alpha value is -4.08. The molecule has 1 amide bonds. The number of amides is 1. The number of anilines is 3. The summed E-state index contributed by atoms with van der Waals surface area (Å²) < 4.78 is 17.6. The Morgan fingerprint density at radius 1 is 1.07 bits per heavy atom. The van der Waals surface area contributed by atoms with E-state index in [2.05, 4.69) is 10.6 Å². The van der Waals surface area contributed by atoms with Crippen LogP contribution in [0.25, 0.3) is 0 Å². The van der Waals surface area contributed by atoms with Crippen molar-refractivity contribution in [3.8, 4) is 0 Å². The topological polar surface area (TPSA) is 151 Å². The first-order valence-corrected chi connectivity index (χ1v) is 8.66. The van der Waals surface area contributed by atoms with Gasteiger partial charge in [-0.15, -0.1) is 0 Å². The molecule has 0 radical (unpaired) electrons. The molecule has 9 nitrogen and oxygen atoms in total. The molecule has 0 spiro atoms. The maximum Gasteiger partial charge on any atom is 0.411 e. The zero-order valence-electron chi connectivity index (χ0n) is 16.1. The summed E-state index contributed by atoms with van der Waals surface area (Å²) in [5, 5.41) is 21.4. The molecule has 0 aliphatic heterocycles. The molecule has 2 aromatic rings. The van der Waals surface area contributed by atoms with Gasteiger partial charge in [0.1, 0.15) is 5.82 Å². The first-order chi connectivity index (χ1) is 14.2. The Labute approximate surface area is 172 Å². The predicted molar refractivity (Wildman–Crippen MR) is 110 cm³/mol. The number of carboxylic acids is 2. The average molecular weight is 419 g/mol. The van der Waals surface area contributed by atoms with E-state index in [0.717, 1.165) is 11.3 Å². The molecule has 0 saturated heterocycles. The molecule has 0 heterocycles. The molecule has 0 atom stereocenters. The fraction of sp³-hybridized carbons (Fsp3) is 0.150. The fourth-order valence-corrected chi connectivity index (χ4v) is 2.01. The van der Waals surface area contributed by atoms with Gasteiger partial charge in [-0.2, -0.15) is 0 Å². The Balaban J connectivity index is 0.000000479. The first-order valence-electron chi connectivity index (χ1n) is 8.66. The number of carboxylic acid groups (broad SMARTS) is 2. The van der Waals surface area contributed by atoms with Crippen molar-refractivity contribution in [1.29, 1.82) is 0 Å². The third-order valence-electron chi connectivity index (χ3n) is 3.34. The van der Waals surface area contributed by atoms with Crippen molar-refractivity contribution in [2.24, 2.45) is 0 Å². The highest BCUT2D eigenvalue weighted by atomic mass is 19.1. The van der Waals surface area contributed by atoms with Crippen molar-refractivity contribution in [3.05, 3.63) is 66.0 Å². The number of hydrogen-bond donors (Lipinski definition) is 5. The minimum atomic E-state index is -1.26. The van der Waals surface area contributed by atoms with Gasteiger partial charge in [0.2, 0.25) is 0 Å². The zero-order valence-corrected chi connectivity index (χ0v) is 16.1. The van der Waals surface area contributed by atoms with E-state index in [4.69, 9.17) is 20.7 Å². The lowest BCUT2D eigenvalue weighted by Crippen LogP contribution is -2.14. The number of benzene rings is 2. The van der Waals surface area contributed by atoms with Crippen molar-refractivity contribution in [2.75, 3.05) is 23.0 Å². The van der Waals surface area contributed by atoms with E-state index in [9.17, 15) is 18.8 Å². The van der Waals surface area contributed by atoms with Gasteiger partial charge < -0.3 is 26.0 Å². The number of carbonyl (C=O) groups is 3. The maximum absolute atomic E-state index is 12.8. The summed E-state index contributed by atoms with van der Waals surface area (Å²) in [6.45, 7) is 2.57. The van der Waals surface area contributed by atoms with Crippen LogP contribution in [0.1, 0.15) is 12.5 Å². The summed E-state index contributed by atoms with van der Waals surface area (Å²) in [6, 6.07) is 11.5. The van der Waals surface area contributed by atoms with Crippen LogP contribution in [0.2, 0.25) is 0 Å². The molecule has 30 heavy (non-hydrogen) atoms. The molecular formula is C20H22FN3O6. The average Bonchev–Trinajstić information content (AvgIpc) is 2.68. The van der Waals surface area contributed by atoms with Gasteiger partial charge in [0.15, 0.2) is 0 Å². The van der Waals surface area contributed by atoms with Crippen molar-refractivity contribution in [3.63, 3.8) is 0 Å². The lowest BCUT2D eigenvalue weighted by atomic mass is 10.2. The second kappa shape index (κ2) is 12.4. The molecule has 0 bridgehead atoms. The number of halogens is 1. The molecule has 2 rings (SSSR count). The largest absolute Gasteiger partial charge is 0.478 e. The molecule has 160 valence electrons. The lowest BCUT2D eigenvalue weighted by Gasteiger charge is -2.11. The summed E-state index contributed by atoms with van der Waals surface area (Å²) in [4.78, 5) is 30.5. The predicted octanol–water partition coefficient (Wildman–Crippen LogP) is 3.30. The Morgan fingerprint density at radius 2 is 1.67 bits per heavy atom. The Kier molecular flexibility index (Phi) is 9.90. The van der Waals surface area contributed by atoms with Gasteiger partial charge in [-0.05, 0) is 42.8 Å². The second-order valence-electron chi connectivity index (χ2n) is 5.64. The summed E-state index contributed by atoms with van der Waals surface area (Å²) >= 11 is 0. The number of nitrogens with two attached hydrogens (primary N) is 1. The third-order valence-corrected chi connectivity index (χ3v) is 3.34. The number of carbonyl (C=O) groups excluding carboxylic acids is 1. The smallest absolute Gasteiger partial charge is 0.411 e. The first kappa shape index (κ1) is 24.0. The van der Waals surface area contributed by atoms with Gasteiger partial charge in [-0.25, -0.2) is 18.8 Å². The number of hydrogen-bond acceptors (Lipinski definition) is 6. The zero-order chi connectivity index (χ0) is 22.5. The number of ether oxygens (including phenoxy) is 1. The highest BCUT2D eigenvalue weighted by Crippen LogP contribution is 2.23. The highest BCUT2D eigenvalue weighted by Gasteiger charge is 2.06. The van der Waals surface area contributed by atoms with E-state index in [1.807, 2.05) is 0 Å². The van der Waals surface area contributed by atoms with Gasteiger partial charge in [-0.3, -0.25) is 5.32 Å². The number of nitrogens with one attached hydrogen (secondary N) is 2. The van der Waals surface area contributed by atoms with Crippen molar-refractivity contribution < 1.29 is 33.7 Å². The molecule has 10 heteroatoms. The van der Waals surface area contributed by atoms with Crippen LogP contribution in [-0.2, 0) is 20.9 Å². The normalized spacial score (nSPS) is 9.93. The van der Waals surface area contributed by atoms with Crippen LogP contribution < -0.4 is 16.4 Å². The summed E-state index contributed by atoms with van der Waals surface area (Å²) in [6.07, 6.45) is 0.575. The summed E-state index contributed by atoms with van der Waals surface area (Å²) in [7, 11) is 0. The molecule has 0 aliphatic rings. The van der Waals surface area contributed by atoms with E-state index >= 15 is 0 Å². The Bertz CT molecular complexity index is 884. The standard InChI is InChI=1S/C16H18FN3O2.C4H4O4/c1-2-22-16(21)20-15-8-7-13(9-14(15)18)19-10-11-3-5-12(17)6-4-11;5-3(6)1-2-4(7)8/h3-9,19H,2,10,18H2,1H3,(H,20,21);1-2H,(H,5,6)(H,7,8)/b;2-1-. The SMILES string of the molecule is CCOC(=O)Nc1ccc(NCc2ccc(F)cc2)cc1N.O=C(O)/C=C\C(=O)O. The van der Waals surface area contributed by atoms with Gasteiger partial charge in [0, 0.05) is 24.4 Å².